The molecule has 1 amide bonds. The normalized spacial score (nSPS) is 12.6. The molecule has 148 valence electrons. The maximum Gasteiger partial charge on any atom is 0.410 e. The molecule has 1 atom stereocenters. The lowest BCUT2D eigenvalue weighted by atomic mass is 10.1. The van der Waals surface area contributed by atoms with Crippen LogP contribution in [0.4, 0.5) is 4.79 Å². The Labute approximate surface area is 170 Å². The second-order valence-corrected chi connectivity index (χ2v) is 8.77. The standard InChI is InChI=1S/C23H27NO3S/c1-23(2,3)27-22(25)24(4)15-14-20(21-13-8-16-28-21)26-19-12-7-10-17-9-5-6-11-18(17)19/h5-13,16,20H,14-15H2,1-4H3/t20-/m0/s1. The van der Waals surface area contributed by atoms with Crippen molar-refractivity contribution in [2.24, 2.45) is 0 Å². The summed E-state index contributed by atoms with van der Waals surface area (Å²) >= 11 is 1.67. The molecule has 1 heterocycles. The van der Waals surface area contributed by atoms with Crippen LogP contribution < -0.4 is 4.74 Å². The Hall–Kier alpha value is -2.53. The first-order valence-corrected chi connectivity index (χ1v) is 10.3. The maximum atomic E-state index is 12.3. The van der Waals surface area contributed by atoms with E-state index in [2.05, 4.69) is 24.3 Å². The van der Waals surface area contributed by atoms with Crippen molar-refractivity contribution in [1.29, 1.82) is 0 Å². The van der Waals surface area contributed by atoms with Gasteiger partial charge in [-0.05, 0) is 43.7 Å². The number of nitrogens with zero attached hydrogens (tertiary/aromatic N) is 1. The predicted molar refractivity (Wildman–Crippen MR) is 115 cm³/mol. The zero-order chi connectivity index (χ0) is 20.1. The molecule has 0 saturated heterocycles. The van der Waals surface area contributed by atoms with E-state index >= 15 is 0 Å². The first-order chi connectivity index (χ1) is 13.3. The number of rotatable bonds is 6. The van der Waals surface area contributed by atoms with Gasteiger partial charge in [0.25, 0.3) is 0 Å². The van der Waals surface area contributed by atoms with E-state index in [1.807, 2.05) is 56.5 Å². The van der Waals surface area contributed by atoms with Gasteiger partial charge in [0, 0.05) is 30.3 Å². The fourth-order valence-electron chi connectivity index (χ4n) is 2.93. The van der Waals surface area contributed by atoms with Crippen LogP contribution in [0.25, 0.3) is 10.8 Å². The van der Waals surface area contributed by atoms with Gasteiger partial charge in [0.1, 0.15) is 17.5 Å². The molecule has 0 fully saturated rings. The molecule has 28 heavy (non-hydrogen) atoms. The average molecular weight is 398 g/mol. The van der Waals surface area contributed by atoms with E-state index in [9.17, 15) is 4.79 Å². The third kappa shape index (κ3) is 5.26. The molecule has 0 N–H and O–H groups in total. The minimum atomic E-state index is -0.502. The fourth-order valence-corrected chi connectivity index (χ4v) is 3.72. The summed E-state index contributed by atoms with van der Waals surface area (Å²) in [5, 5.41) is 4.29. The molecule has 0 aliphatic heterocycles. The van der Waals surface area contributed by atoms with Crippen LogP contribution >= 0.6 is 11.3 Å². The molecule has 2 aromatic carbocycles. The molecule has 0 aliphatic rings. The van der Waals surface area contributed by atoms with E-state index in [-0.39, 0.29) is 12.2 Å². The van der Waals surface area contributed by atoms with Crippen molar-refractivity contribution in [3.8, 4) is 5.75 Å². The summed E-state index contributed by atoms with van der Waals surface area (Å²) in [6.07, 6.45) is 0.234. The number of hydrogen-bond acceptors (Lipinski definition) is 4. The molecule has 0 radical (unpaired) electrons. The van der Waals surface area contributed by atoms with Gasteiger partial charge in [0.05, 0.1) is 0 Å². The summed E-state index contributed by atoms with van der Waals surface area (Å²) in [6, 6.07) is 18.4. The molecule has 0 unspecified atom stereocenters. The highest BCUT2D eigenvalue weighted by Crippen LogP contribution is 2.33. The Morgan fingerprint density at radius 1 is 1.07 bits per heavy atom. The summed E-state index contributed by atoms with van der Waals surface area (Å²) in [7, 11) is 1.76. The lowest BCUT2D eigenvalue weighted by molar-refractivity contribution is 0.0279. The van der Waals surface area contributed by atoms with Crippen LogP contribution in [0.1, 0.15) is 38.2 Å². The van der Waals surface area contributed by atoms with Crippen molar-refractivity contribution in [3.05, 3.63) is 64.9 Å². The maximum absolute atomic E-state index is 12.3. The van der Waals surface area contributed by atoms with Gasteiger partial charge in [-0.2, -0.15) is 0 Å². The monoisotopic (exact) mass is 397 g/mol. The number of amides is 1. The lowest BCUT2D eigenvalue weighted by Crippen LogP contribution is -2.35. The SMILES string of the molecule is CN(CC[C@H](Oc1cccc2ccccc12)c1cccs1)C(=O)OC(C)(C)C. The smallest absolute Gasteiger partial charge is 0.410 e. The first kappa shape index (κ1) is 20.2. The molecule has 1 aromatic heterocycles. The molecule has 0 spiro atoms. The summed E-state index contributed by atoms with van der Waals surface area (Å²) in [5.41, 5.74) is -0.502. The topological polar surface area (TPSA) is 38.8 Å². The minimum absolute atomic E-state index is 0.129. The Balaban J connectivity index is 1.74. The predicted octanol–water partition coefficient (Wildman–Crippen LogP) is 6.28. The largest absolute Gasteiger partial charge is 0.484 e. The number of hydrogen-bond donors (Lipinski definition) is 0. The van der Waals surface area contributed by atoms with E-state index < -0.39 is 5.60 Å². The molecule has 0 saturated carbocycles. The molecular weight excluding hydrogens is 370 g/mol. The minimum Gasteiger partial charge on any atom is -0.484 e. The highest BCUT2D eigenvalue weighted by molar-refractivity contribution is 7.10. The number of benzene rings is 2. The Kier molecular flexibility index (Phi) is 6.25. The quantitative estimate of drug-likeness (QED) is 0.491. The summed E-state index contributed by atoms with van der Waals surface area (Å²) < 4.78 is 11.9. The van der Waals surface area contributed by atoms with Crippen LogP contribution in [0.15, 0.2) is 60.0 Å². The molecule has 5 heteroatoms. The number of carbonyl (C=O) groups is 1. The number of thiophene rings is 1. The summed E-state index contributed by atoms with van der Waals surface area (Å²) in [5.74, 6) is 0.858. The third-order valence-corrected chi connectivity index (χ3v) is 5.28. The Morgan fingerprint density at radius 2 is 1.82 bits per heavy atom. The molecule has 0 aliphatic carbocycles. The number of carbonyl (C=O) groups excluding carboxylic acids is 1. The zero-order valence-corrected chi connectivity index (χ0v) is 17.7. The first-order valence-electron chi connectivity index (χ1n) is 9.45. The van der Waals surface area contributed by atoms with E-state index in [0.717, 1.165) is 21.4 Å². The summed E-state index contributed by atoms with van der Waals surface area (Å²) in [4.78, 5) is 15.0. The molecule has 3 aromatic rings. The van der Waals surface area contributed by atoms with E-state index in [4.69, 9.17) is 9.47 Å². The average Bonchev–Trinajstić information content (AvgIpc) is 3.18. The van der Waals surface area contributed by atoms with Crippen LogP contribution in [0.2, 0.25) is 0 Å². The van der Waals surface area contributed by atoms with Gasteiger partial charge in [-0.15, -0.1) is 11.3 Å². The van der Waals surface area contributed by atoms with Crippen LogP contribution in [-0.4, -0.2) is 30.2 Å². The number of fused-ring (bicyclic) bond motifs is 1. The van der Waals surface area contributed by atoms with Crippen molar-refractivity contribution >= 4 is 28.2 Å². The van der Waals surface area contributed by atoms with Crippen molar-refractivity contribution in [2.45, 2.75) is 38.9 Å². The molecule has 4 nitrogen and oxygen atoms in total. The second kappa shape index (κ2) is 8.65. The van der Waals surface area contributed by atoms with Crippen molar-refractivity contribution < 1.29 is 14.3 Å². The van der Waals surface area contributed by atoms with Crippen LogP contribution in [0.3, 0.4) is 0 Å². The van der Waals surface area contributed by atoms with E-state index in [1.54, 1.807) is 23.3 Å². The van der Waals surface area contributed by atoms with Crippen LogP contribution in [0.5, 0.6) is 5.75 Å². The van der Waals surface area contributed by atoms with Gasteiger partial charge in [0.2, 0.25) is 0 Å². The van der Waals surface area contributed by atoms with Crippen molar-refractivity contribution in [3.63, 3.8) is 0 Å². The zero-order valence-electron chi connectivity index (χ0n) is 16.8. The van der Waals surface area contributed by atoms with E-state index in [0.29, 0.717) is 13.0 Å². The molecule has 0 bridgehead atoms. The van der Waals surface area contributed by atoms with Gasteiger partial charge in [0.15, 0.2) is 0 Å². The number of ether oxygens (including phenoxy) is 2. The highest BCUT2D eigenvalue weighted by atomic mass is 32.1. The highest BCUT2D eigenvalue weighted by Gasteiger charge is 2.22. The van der Waals surface area contributed by atoms with Gasteiger partial charge in [-0.1, -0.05) is 42.5 Å². The van der Waals surface area contributed by atoms with Gasteiger partial charge >= 0.3 is 6.09 Å². The Morgan fingerprint density at radius 3 is 2.54 bits per heavy atom. The Bertz CT molecular complexity index is 910. The van der Waals surface area contributed by atoms with Crippen LogP contribution in [0, 0.1) is 0 Å². The molecule has 3 rings (SSSR count). The third-order valence-electron chi connectivity index (χ3n) is 4.31. The van der Waals surface area contributed by atoms with Crippen LogP contribution in [-0.2, 0) is 4.74 Å². The van der Waals surface area contributed by atoms with Gasteiger partial charge in [-0.25, -0.2) is 4.79 Å². The van der Waals surface area contributed by atoms with Gasteiger partial charge in [-0.3, -0.25) is 0 Å². The van der Waals surface area contributed by atoms with E-state index in [1.165, 1.54) is 0 Å². The van der Waals surface area contributed by atoms with Gasteiger partial charge < -0.3 is 14.4 Å². The fraction of sp³-hybridized carbons (Fsp3) is 0.348. The summed E-state index contributed by atoms with van der Waals surface area (Å²) in [6.45, 7) is 6.16. The second-order valence-electron chi connectivity index (χ2n) is 7.79. The van der Waals surface area contributed by atoms with Crippen molar-refractivity contribution in [2.75, 3.05) is 13.6 Å². The van der Waals surface area contributed by atoms with Crippen molar-refractivity contribution in [1.82, 2.24) is 4.90 Å². The molecular formula is C23H27NO3S. The lowest BCUT2D eigenvalue weighted by Gasteiger charge is -2.26.